The van der Waals surface area contributed by atoms with Crippen molar-refractivity contribution in [2.45, 2.75) is 20.3 Å². The number of nitrogens with zero attached hydrogens (tertiary/aromatic N) is 2. The van der Waals surface area contributed by atoms with Crippen molar-refractivity contribution in [3.63, 3.8) is 0 Å². The van der Waals surface area contributed by atoms with E-state index in [9.17, 15) is 9.59 Å². The van der Waals surface area contributed by atoms with E-state index in [-0.39, 0.29) is 17.7 Å². The van der Waals surface area contributed by atoms with E-state index >= 15 is 0 Å². The van der Waals surface area contributed by atoms with Crippen LogP contribution in [0.3, 0.4) is 0 Å². The maximum absolute atomic E-state index is 12.5. The van der Waals surface area contributed by atoms with Gasteiger partial charge in [-0.1, -0.05) is 49.4 Å². The molecule has 0 radical (unpaired) electrons. The van der Waals surface area contributed by atoms with Gasteiger partial charge in [-0.3, -0.25) is 14.9 Å². The van der Waals surface area contributed by atoms with Gasteiger partial charge in [-0.15, -0.1) is 10.2 Å². The summed E-state index contributed by atoms with van der Waals surface area (Å²) in [7, 11) is 1.63. The minimum Gasteiger partial charge on any atom is -0.496 e. The van der Waals surface area contributed by atoms with E-state index in [2.05, 4.69) is 20.8 Å². The van der Waals surface area contributed by atoms with Crippen molar-refractivity contribution in [2.24, 2.45) is 5.92 Å². The van der Waals surface area contributed by atoms with Gasteiger partial charge in [0.1, 0.15) is 10.8 Å². The van der Waals surface area contributed by atoms with Gasteiger partial charge in [0.05, 0.1) is 7.11 Å². The van der Waals surface area contributed by atoms with Crippen LogP contribution in [0.5, 0.6) is 5.75 Å². The van der Waals surface area contributed by atoms with E-state index < -0.39 is 0 Å². The minimum atomic E-state index is -0.314. The topological polar surface area (TPSA) is 93.2 Å². The van der Waals surface area contributed by atoms with Gasteiger partial charge in [-0.05, 0) is 24.3 Å². The van der Waals surface area contributed by atoms with Crippen LogP contribution < -0.4 is 15.4 Å². The van der Waals surface area contributed by atoms with Gasteiger partial charge in [-0.25, -0.2) is 0 Å². The van der Waals surface area contributed by atoms with Crippen molar-refractivity contribution in [3.05, 3.63) is 64.7 Å². The molecule has 3 rings (SSSR count). The number of ether oxygens (including phenoxy) is 1. The highest BCUT2D eigenvalue weighted by molar-refractivity contribution is 7.15. The quantitative estimate of drug-likeness (QED) is 0.614. The average Bonchev–Trinajstić information content (AvgIpc) is 3.15. The van der Waals surface area contributed by atoms with Crippen LogP contribution in [0, 0.1) is 5.92 Å². The molecule has 1 aromatic heterocycles. The summed E-state index contributed by atoms with van der Waals surface area (Å²) in [5.74, 6) is 0.224. The molecule has 29 heavy (non-hydrogen) atoms. The molecule has 0 fully saturated rings. The predicted molar refractivity (Wildman–Crippen MR) is 114 cm³/mol. The first-order valence-corrected chi connectivity index (χ1v) is 9.94. The minimum absolute atomic E-state index is 0.104. The Bertz CT molecular complexity index is 1020. The molecule has 3 aromatic rings. The molecule has 0 spiro atoms. The molecule has 0 aliphatic heterocycles. The third-order valence-electron chi connectivity index (χ3n) is 4.14. The van der Waals surface area contributed by atoms with E-state index in [4.69, 9.17) is 4.74 Å². The van der Waals surface area contributed by atoms with Crippen LogP contribution in [0.15, 0.2) is 48.5 Å². The Balaban J connectivity index is 1.67. The predicted octanol–water partition coefficient (Wildman–Crippen LogP) is 3.98. The summed E-state index contributed by atoms with van der Waals surface area (Å²) >= 11 is 1.31. The monoisotopic (exact) mass is 410 g/mol. The van der Waals surface area contributed by atoms with Crippen molar-refractivity contribution in [2.75, 3.05) is 17.7 Å². The lowest BCUT2D eigenvalue weighted by molar-refractivity contribution is -0.118. The zero-order valence-electron chi connectivity index (χ0n) is 16.4. The summed E-state index contributed by atoms with van der Waals surface area (Å²) in [6.07, 6.45) is 0.564. The van der Waals surface area contributed by atoms with E-state index in [0.29, 0.717) is 22.8 Å². The van der Waals surface area contributed by atoms with Gasteiger partial charge in [0.15, 0.2) is 0 Å². The molecule has 7 nitrogen and oxygen atoms in total. The molecule has 0 bridgehead atoms. The Morgan fingerprint density at radius 1 is 1.07 bits per heavy atom. The molecule has 0 saturated carbocycles. The van der Waals surface area contributed by atoms with Gasteiger partial charge >= 0.3 is 0 Å². The molecule has 8 heteroatoms. The number of nitrogens with one attached hydrogen (secondary N) is 2. The molecule has 2 aromatic carbocycles. The van der Waals surface area contributed by atoms with Crippen LogP contribution in [0.1, 0.15) is 34.8 Å². The zero-order chi connectivity index (χ0) is 20.8. The fourth-order valence-corrected chi connectivity index (χ4v) is 3.34. The third-order valence-corrected chi connectivity index (χ3v) is 4.98. The highest BCUT2D eigenvalue weighted by Gasteiger charge is 2.13. The van der Waals surface area contributed by atoms with Crippen LogP contribution in [-0.2, 0) is 11.2 Å². The summed E-state index contributed by atoms with van der Waals surface area (Å²) in [4.78, 5) is 24.4. The molecule has 2 N–H and O–H groups in total. The SMILES string of the molecule is COc1ccccc1Cc1nnc(NC(=O)c2cccc(NC(=O)C(C)C)c2)s1. The smallest absolute Gasteiger partial charge is 0.257 e. The Morgan fingerprint density at radius 3 is 2.62 bits per heavy atom. The van der Waals surface area contributed by atoms with E-state index in [1.807, 2.05) is 38.1 Å². The van der Waals surface area contributed by atoms with Crippen molar-refractivity contribution >= 4 is 34.0 Å². The first kappa shape index (κ1) is 20.5. The van der Waals surface area contributed by atoms with Gasteiger partial charge in [0, 0.05) is 29.2 Å². The lowest BCUT2D eigenvalue weighted by atomic mass is 10.1. The highest BCUT2D eigenvalue weighted by Crippen LogP contribution is 2.24. The highest BCUT2D eigenvalue weighted by atomic mass is 32.1. The molecular weight excluding hydrogens is 388 g/mol. The standard InChI is InChI=1S/C21H22N4O3S/c1-13(2)19(26)22-16-9-6-8-15(11-16)20(27)23-21-25-24-18(29-21)12-14-7-4-5-10-17(14)28-3/h4-11,13H,12H2,1-3H3,(H,22,26)(H,23,25,27). The normalized spacial score (nSPS) is 10.6. The fraction of sp³-hybridized carbons (Fsp3) is 0.238. The summed E-state index contributed by atoms with van der Waals surface area (Å²) in [6, 6.07) is 14.5. The van der Waals surface area contributed by atoms with Crippen molar-refractivity contribution in [1.82, 2.24) is 10.2 Å². The average molecular weight is 410 g/mol. The van der Waals surface area contributed by atoms with Gasteiger partial charge in [-0.2, -0.15) is 0 Å². The summed E-state index contributed by atoms with van der Waals surface area (Å²) in [5, 5.41) is 14.9. The zero-order valence-corrected chi connectivity index (χ0v) is 17.2. The largest absolute Gasteiger partial charge is 0.496 e. The lowest BCUT2D eigenvalue weighted by Gasteiger charge is -2.09. The number of rotatable bonds is 7. The molecule has 2 amide bonds. The Morgan fingerprint density at radius 2 is 1.86 bits per heavy atom. The number of methoxy groups -OCH3 is 1. The maximum Gasteiger partial charge on any atom is 0.257 e. The molecular formula is C21H22N4O3S. The molecule has 0 saturated heterocycles. The Labute approximate surface area is 173 Å². The second kappa shape index (κ2) is 9.29. The fourth-order valence-electron chi connectivity index (χ4n) is 2.58. The third kappa shape index (κ3) is 5.39. The van der Waals surface area contributed by atoms with Gasteiger partial charge < -0.3 is 10.1 Å². The molecule has 1 heterocycles. The van der Waals surface area contributed by atoms with E-state index in [0.717, 1.165) is 16.3 Å². The number of hydrogen-bond donors (Lipinski definition) is 2. The second-order valence-electron chi connectivity index (χ2n) is 6.67. The first-order valence-electron chi connectivity index (χ1n) is 9.13. The number of aromatic nitrogens is 2. The van der Waals surface area contributed by atoms with Crippen LogP contribution in [0.25, 0.3) is 0 Å². The van der Waals surface area contributed by atoms with Crippen LogP contribution in [-0.4, -0.2) is 29.1 Å². The van der Waals surface area contributed by atoms with E-state index in [1.165, 1.54) is 11.3 Å². The molecule has 0 aliphatic carbocycles. The Kier molecular flexibility index (Phi) is 6.56. The summed E-state index contributed by atoms with van der Waals surface area (Å²) in [5.41, 5.74) is 2.00. The molecule has 0 atom stereocenters. The summed E-state index contributed by atoms with van der Waals surface area (Å²) < 4.78 is 5.36. The number of anilines is 2. The number of amides is 2. The van der Waals surface area contributed by atoms with Gasteiger partial charge in [0.25, 0.3) is 5.91 Å². The van der Waals surface area contributed by atoms with Crippen molar-refractivity contribution in [1.29, 1.82) is 0 Å². The van der Waals surface area contributed by atoms with Gasteiger partial charge in [0.2, 0.25) is 11.0 Å². The summed E-state index contributed by atoms with van der Waals surface area (Å²) in [6.45, 7) is 3.62. The second-order valence-corrected chi connectivity index (χ2v) is 7.73. The lowest BCUT2D eigenvalue weighted by Crippen LogP contribution is -2.18. The van der Waals surface area contributed by atoms with Crippen LogP contribution >= 0.6 is 11.3 Å². The van der Waals surface area contributed by atoms with Crippen LogP contribution in [0.4, 0.5) is 10.8 Å². The number of carbonyl (C=O) groups is 2. The first-order chi connectivity index (χ1) is 14.0. The number of carbonyl (C=O) groups excluding carboxylic acids is 2. The number of hydrogen-bond acceptors (Lipinski definition) is 6. The van der Waals surface area contributed by atoms with Crippen LogP contribution in [0.2, 0.25) is 0 Å². The molecule has 150 valence electrons. The molecule has 0 aliphatic rings. The maximum atomic E-state index is 12.5. The van der Waals surface area contributed by atoms with Crippen molar-refractivity contribution in [3.8, 4) is 5.75 Å². The number of para-hydroxylation sites is 1. The van der Waals surface area contributed by atoms with Crippen molar-refractivity contribution < 1.29 is 14.3 Å². The molecule has 0 unspecified atom stereocenters. The number of benzene rings is 2. The van der Waals surface area contributed by atoms with E-state index in [1.54, 1.807) is 31.4 Å². The Hall–Kier alpha value is -3.26.